The zero-order valence-electron chi connectivity index (χ0n) is 26.0. The number of aliphatic hydroxyl groups is 2. The highest BCUT2D eigenvalue weighted by molar-refractivity contribution is 5.76. The average Bonchev–Trinajstić information content (AvgIpc) is 2.92. The zero-order chi connectivity index (χ0) is 27.9. The van der Waals surface area contributed by atoms with Crippen LogP contribution in [0.3, 0.4) is 0 Å². The van der Waals surface area contributed by atoms with Gasteiger partial charge in [-0.25, -0.2) is 0 Å². The quantitative estimate of drug-likeness (QED) is 0.0768. The highest BCUT2D eigenvalue weighted by Gasteiger charge is 2.19. The van der Waals surface area contributed by atoms with Gasteiger partial charge in [0.05, 0.1) is 18.8 Å². The predicted molar refractivity (Wildman–Crippen MR) is 166 cm³/mol. The van der Waals surface area contributed by atoms with E-state index in [0.717, 1.165) is 25.7 Å². The molecule has 38 heavy (non-hydrogen) atoms. The van der Waals surface area contributed by atoms with Crippen molar-refractivity contribution in [2.45, 2.75) is 206 Å². The van der Waals surface area contributed by atoms with Crippen LogP contribution in [0.25, 0.3) is 0 Å². The number of amides is 1. The van der Waals surface area contributed by atoms with Crippen LogP contribution in [0.15, 0.2) is 0 Å². The van der Waals surface area contributed by atoms with Crippen LogP contribution >= 0.6 is 0 Å². The van der Waals surface area contributed by atoms with Crippen LogP contribution in [0.5, 0.6) is 0 Å². The van der Waals surface area contributed by atoms with Crippen LogP contribution < -0.4 is 5.32 Å². The summed E-state index contributed by atoms with van der Waals surface area (Å²) in [4.78, 5) is 12.3. The number of rotatable bonds is 31. The Labute approximate surface area is 238 Å². The molecule has 0 bridgehead atoms. The topological polar surface area (TPSA) is 69.6 Å². The van der Waals surface area contributed by atoms with Crippen LogP contribution in [0.2, 0.25) is 0 Å². The highest BCUT2D eigenvalue weighted by atomic mass is 16.3. The molecule has 0 fully saturated rings. The van der Waals surface area contributed by atoms with E-state index in [1.807, 2.05) is 0 Å². The minimum atomic E-state index is -0.650. The van der Waals surface area contributed by atoms with E-state index < -0.39 is 12.1 Å². The largest absolute Gasteiger partial charge is 0.394 e. The standard InChI is InChI=1S/C34H69NO3/c1-3-5-7-9-11-13-15-17-19-21-23-25-27-29-33(37)32(31-36)35-34(38)30-28-26-24-22-20-18-16-14-12-10-8-6-4-2/h32-33,36-37H,3-31H2,1-2H3,(H,35,38). The van der Waals surface area contributed by atoms with Crippen molar-refractivity contribution in [3.05, 3.63) is 0 Å². The number of hydrogen-bond acceptors (Lipinski definition) is 3. The van der Waals surface area contributed by atoms with Gasteiger partial charge in [-0.1, -0.05) is 174 Å². The molecule has 0 radical (unpaired) electrons. The molecule has 4 heteroatoms. The summed E-state index contributed by atoms with van der Waals surface area (Å²) in [5, 5.41) is 23.0. The summed E-state index contributed by atoms with van der Waals surface area (Å²) < 4.78 is 0. The Bertz CT molecular complexity index is 471. The van der Waals surface area contributed by atoms with E-state index in [2.05, 4.69) is 19.2 Å². The number of carbonyl (C=O) groups is 1. The van der Waals surface area contributed by atoms with E-state index in [0.29, 0.717) is 12.8 Å². The fourth-order valence-corrected chi connectivity index (χ4v) is 5.42. The second-order valence-corrected chi connectivity index (χ2v) is 11.9. The molecule has 0 heterocycles. The van der Waals surface area contributed by atoms with Crippen molar-refractivity contribution in [2.75, 3.05) is 6.61 Å². The van der Waals surface area contributed by atoms with E-state index in [1.54, 1.807) is 0 Å². The molecule has 3 N–H and O–H groups in total. The van der Waals surface area contributed by atoms with Crippen molar-refractivity contribution < 1.29 is 15.0 Å². The van der Waals surface area contributed by atoms with Crippen molar-refractivity contribution in [1.82, 2.24) is 5.32 Å². The second-order valence-electron chi connectivity index (χ2n) is 11.9. The lowest BCUT2D eigenvalue weighted by atomic mass is 10.0. The molecule has 0 aromatic heterocycles. The van der Waals surface area contributed by atoms with E-state index >= 15 is 0 Å². The lowest BCUT2D eigenvalue weighted by Gasteiger charge is -2.22. The summed E-state index contributed by atoms with van der Waals surface area (Å²) >= 11 is 0. The predicted octanol–water partition coefficient (Wildman–Crippen LogP) is 9.79. The van der Waals surface area contributed by atoms with E-state index in [-0.39, 0.29) is 12.5 Å². The third-order valence-corrected chi connectivity index (χ3v) is 8.12. The molecule has 0 aliphatic heterocycles. The molecule has 0 rings (SSSR count). The lowest BCUT2D eigenvalue weighted by molar-refractivity contribution is -0.123. The lowest BCUT2D eigenvalue weighted by Crippen LogP contribution is -2.45. The van der Waals surface area contributed by atoms with Gasteiger partial charge in [-0.05, 0) is 12.8 Å². The smallest absolute Gasteiger partial charge is 0.220 e. The monoisotopic (exact) mass is 540 g/mol. The fraction of sp³-hybridized carbons (Fsp3) is 0.971. The van der Waals surface area contributed by atoms with Crippen molar-refractivity contribution in [3.8, 4) is 0 Å². The van der Waals surface area contributed by atoms with Gasteiger partial charge in [-0.2, -0.15) is 0 Å². The fourth-order valence-electron chi connectivity index (χ4n) is 5.42. The van der Waals surface area contributed by atoms with Crippen molar-refractivity contribution in [2.24, 2.45) is 0 Å². The number of nitrogens with one attached hydrogen (secondary N) is 1. The maximum atomic E-state index is 12.3. The first kappa shape index (κ1) is 37.4. The Hall–Kier alpha value is -0.610. The van der Waals surface area contributed by atoms with E-state index in [9.17, 15) is 15.0 Å². The van der Waals surface area contributed by atoms with Gasteiger partial charge in [0.2, 0.25) is 5.91 Å². The summed E-state index contributed by atoms with van der Waals surface area (Å²) in [5.74, 6) is -0.0310. The van der Waals surface area contributed by atoms with Crippen molar-refractivity contribution in [3.63, 3.8) is 0 Å². The third-order valence-electron chi connectivity index (χ3n) is 8.12. The molecule has 0 saturated heterocycles. The van der Waals surface area contributed by atoms with Gasteiger partial charge in [-0.15, -0.1) is 0 Å². The molecular formula is C34H69NO3. The summed E-state index contributed by atoms with van der Waals surface area (Å²) in [6.07, 6.45) is 34.3. The number of hydrogen-bond donors (Lipinski definition) is 3. The van der Waals surface area contributed by atoms with Gasteiger partial charge in [0.1, 0.15) is 0 Å². The maximum Gasteiger partial charge on any atom is 0.220 e. The zero-order valence-corrected chi connectivity index (χ0v) is 26.0. The van der Waals surface area contributed by atoms with Gasteiger partial charge < -0.3 is 15.5 Å². The molecule has 1 amide bonds. The molecule has 0 spiro atoms. The summed E-state index contributed by atoms with van der Waals surface area (Å²) in [7, 11) is 0. The van der Waals surface area contributed by atoms with Gasteiger partial charge in [-0.3, -0.25) is 4.79 Å². The number of aliphatic hydroxyl groups excluding tert-OH is 2. The number of unbranched alkanes of at least 4 members (excludes halogenated alkanes) is 24. The van der Waals surface area contributed by atoms with Gasteiger partial charge >= 0.3 is 0 Å². The third kappa shape index (κ3) is 27.0. The Morgan fingerprint density at radius 1 is 0.526 bits per heavy atom. The Morgan fingerprint density at radius 2 is 0.842 bits per heavy atom. The summed E-state index contributed by atoms with van der Waals surface area (Å²) in [5.41, 5.74) is 0. The molecule has 2 unspecified atom stereocenters. The van der Waals surface area contributed by atoms with E-state index in [1.165, 1.54) is 141 Å². The van der Waals surface area contributed by atoms with Crippen LogP contribution in [0.4, 0.5) is 0 Å². The molecule has 4 nitrogen and oxygen atoms in total. The Balaban J connectivity index is 3.55. The first-order valence-corrected chi connectivity index (χ1v) is 17.2. The van der Waals surface area contributed by atoms with Gasteiger partial charge in [0, 0.05) is 6.42 Å². The number of carbonyl (C=O) groups excluding carboxylic acids is 1. The van der Waals surface area contributed by atoms with Crippen LogP contribution in [-0.4, -0.2) is 34.9 Å². The van der Waals surface area contributed by atoms with E-state index in [4.69, 9.17) is 0 Å². The molecule has 0 aliphatic carbocycles. The summed E-state index contributed by atoms with van der Waals surface area (Å²) in [6, 6.07) is -0.526. The average molecular weight is 540 g/mol. The minimum absolute atomic E-state index is 0.0310. The second kappa shape index (κ2) is 30.9. The van der Waals surface area contributed by atoms with Gasteiger partial charge in [0.15, 0.2) is 0 Å². The van der Waals surface area contributed by atoms with Crippen molar-refractivity contribution in [1.29, 1.82) is 0 Å². The first-order chi connectivity index (χ1) is 18.7. The van der Waals surface area contributed by atoms with Crippen molar-refractivity contribution >= 4 is 5.91 Å². The molecule has 0 aromatic carbocycles. The molecular weight excluding hydrogens is 470 g/mol. The Morgan fingerprint density at radius 3 is 1.18 bits per heavy atom. The highest BCUT2D eigenvalue weighted by Crippen LogP contribution is 2.15. The normalized spacial score (nSPS) is 13.1. The molecule has 0 aliphatic rings. The van der Waals surface area contributed by atoms with Crippen LogP contribution in [0, 0.1) is 0 Å². The first-order valence-electron chi connectivity index (χ1n) is 17.2. The maximum absolute atomic E-state index is 12.3. The summed E-state index contributed by atoms with van der Waals surface area (Å²) in [6.45, 7) is 4.35. The molecule has 0 saturated carbocycles. The minimum Gasteiger partial charge on any atom is -0.394 e. The Kier molecular flexibility index (Phi) is 30.4. The SMILES string of the molecule is CCCCCCCCCCCCCCCC(=O)NC(CO)C(O)CCCCCCCCCCCCCCC. The van der Waals surface area contributed by atoms with Crippen LogP contribution in [0.1, 0.15) is 194 Å². The van der Waals surface area contributed by atoms with Gasteiger partial charge in [0.25, 0.3) is 0 Å². The van der Waals surface area contributed by atoms with Crippen LogP contribution in [-0.2, 0) is 4.79 Å². The molecule has 0 aromatic rings. The molecule has 228 valence electrons. The molecule has 2 atom stereocenters.